The molecule has 4 rings (SSSR count). The molecule has 1 aliphatic rings. The van der Waals surface area contributed by atoms with E-state index in [1.807, 2.05) is 6.07 Å². The van der Waals surface area contributed by atoms with Gasteiger partial charge in [0.05, 0.1) is 13.2 Å². The highest BCUT2D eigenvalue weighted by Gasteiger charge is 2.26. The smallest absolute Gasteiger partial charge is 0.343 e. The molecule has 0 saturated heterocycles. The summed E-state index contributed by atoms with van der Waals surface area (Å²) in [5.41, 5.74) is 0.397. The summed E-state index contributed by atoms with van der Waals surface area (Å²) in [4.78, 5) is 25.1. The van der Waals surface area contributed by atoms with E-state index in [0.29, 0.717) is 30.3 Å². The van der Waals surface area contributed by atoms with Crippen molar-refractivity contribution in [2.75, 3.05) is 19.8 Å². The molecule has 3 heterocycles. The highest BCUT2D eigenvalue weighted by atomic mass is 16.5. The van der Waals surface area contributed by atoms with Gasteiger partial charge in [0.25, 0.3) is 0 Å². The third-order valence-corrected chi connectivity index (χ3v) is 4.62. The molecule has 3 aromatic rings. The molecule has 1 aliphatic heterocycles. The highest BCUT2D eigenvalue weighted by molar-refractivity contribution is 6.00. The van der Waals surface area contributed by atoms with E-state index in [4.69, 9.17) is 18.6 Å². The van der Waals surface area contributed by atoms with Gasteiger partial charge in [0, 0.05) is 24.4 Å². The lowest BCUT2D eigenvalue weighted by Gasteiger charge is -2.09. The fourth-order valence-corrected chi connectivity index (χ4v) is 3.15. The number of nitriles is 1. The lowest BCUT2D eigenvalue weighted by Crippen LogP contribution is -2.15. The van der Waals surface area contributed by atoms with Crippen LogP contribution in [0.4, 0.5) is 0 Å². The molecule has 8 heteroatoms. The van der Waals surface area contributed by atoms with Gasteiger partial charge < -0.3 is 18.6 Å². The molecule has 0 N–H and O–H groups in total. The zero-order valence-corrected chi connectivity index (χ0v) is 16.2. The molecule has 0 bridgehead atoms. The molecule has 0 unspecified atom stereocenters. The summed E-state index contributed by atoms with van der Waals surface area (Å²) in [6.45, 7) is 2.14. The second kappa shape index (κ2) is 8.17. The molecule has 30 heavy (non-hydrogen) atoms. The molecule has 2 aromatic heterocycles. The zero-order chi connectivity index (χ0) is 21.1. The second-order valence-corrected chi connectivity index (χ2v) is 6.63. The topological polar surface area (TPSA) is 104 Å². The minimum Gasteiger partial charge on any atom is -0.490 e. The molecule has 0 spiro atoms. The maximum Gasteiger partial charge on any atom is 0.343 e. The number of carbonyl (C=O) groups excluding carboxylic acids is 2. The minimum atomic E-state index is -0.797. The van der Waals surface area contributed by atoms with Gasteiger partial charge in [-0.3, -0.25) is 9.36 Å². The summed E-state index contributed by atoms with van der Waals surface area (Å²) in [5, 5.41) is 9.53. The summed E-state index contributed by atoms with van der Waals surface area (Å²) >= 11 is 0. The van der Waals surface area contributed by atoms with Crippen LogP contribution < -0.4 is 9.47 Å². The van der Waals surface area contributed by atoms with E-state index in [9.17, 15) is 14.9 Å². The van der Waals surface area contributed by atoms with Crippen molar-refractivity contribution in [2.24, 2.45) is 0 Å². The third kappa shape index (κ3) is 3.65. The van der Waals surface area contributed by atoms with Crippen LogP contribution in [0.2, 0.25) is 0 Å². The Labute approximate surface area is 172 Å². The first-order valence-electron chi connectivity index (χ1n) is 9.35. The first-order valence-corrected chi connectivity index (χ1v) is 9.35. The Morgan fingerprint density at radius 2 is 1.90 bits per heavy atom. The van der Waals surface area contributed by atoms with Gasteiger partial charge in [0.15, 0.2) is 23.9 Å². The highest BCUT2D eigenvalue weighted by Crippen LogP contribution is 2.31. The predicted molar refractivity (Wildman–Crippen MR) is 104 cm³/mol. The molecule has 0 radical (unpaired) electrons. The van der Waals surface area contributed by atoms with Crippen LogP contribution in [0.3, 0.4) is 0 Å². The number of fused-ring (bicyclic) bond motifs is 1. The lowest BCUT2D eigenvalue weighted by atomic mass is 10.1. The number of Topliss-reactive ketones (excluding diaryl/α,β-unsaturated/α-hetero) is 1. The first kappa shape index (κ1) is 19.3. The van der Waals surface area contributed by atoms with Crippen molar-refractivity contribution >= 4 is 11.8 Å². The fraction of sp³-hybridized carbons (Fsp3) is 0.227. The van der Waals surface area contributed by atoms with Gasteiger partial charge in [-0.15, -0.1) is 0 Å². The van der Waals surface area contributed by atoms with Crippen LogP contribution in [0.1, 0.15) is 38.5 Å². The van der Waals surface area contributed by atoms with E-state index in [-0.39, 0.29) is 22.8 Å². The molecule has 152 valence electrons. The van der Waals surface area contributed by atoms with Crippen LogP contribution in [0, 0.1) is 18.3 Å². The van der Waals surface area contributed by atoms with E-state index in [2.05, 4.69) is 0 Å². The Morgan fingerprint density at radius 1 is 1.17 bits per heavy atom. The largest absolute Gasteiger partial charge is 0.490 e. The molecular weight excluding hydrogens is 388 g/mol. The van der Waals surface area contributed by atoms with Crippen LogP contribution >= 0.6 is 0 Å². The molecule has 0 aliphatic carbocycles. The number of furan rings is 1. The monoisotopic (exact) mass is 406 g/mol. The molecule has 0 atom stereocenters. The van der Waals surface area contributed by atoms with Crippen LogP contribution in [-0.2, 0) is 4.74 Å². The van der Waals surface area contributed by atoms with Crippen molar-refractivity contribution in [1.82, 2.24) is 4.57 Å². The number of rotatable bonds is 5. The Balaban J connectivity index is 1.50. The van der Waals surface area contributed by atoms with Crippen LogP contribution in [0.5, 0.6) is 11.5 Å². The van der Waals surface area contributed by atoms with Crippen molar-refractivity contribution in [3.63, 3.8) is 0 Å². The van der Waals surface area contributed by atoms with Gasteiger partial charge in [0.1, 0.15) is 23.0 Å². The van der Waals surface area contributed by atoms with E-state index < -0.39 is 18.4 Å². The number of carbonyl (C=O) groups is 2. The summed E-state index contributed by atoms with van der Waals surface area (Å²) < 4.78 is 23.5. The normalized spacial score (nSPS) is 12.7. The number of ether oxygens (including phenoxy) is 3. The fourth-order valence-electron chi connectivity index (χ4n) is 3.15. The number of hydrogen-bond donors (Lipinski definition) is 0. The van der Waals surface area contributed by atoms with Crippen LogP contribution in [-0.4, -0.2) is 36.1 Å². The molecule has 8 nitrogen and oxygen atoms in total. The SMILES string of the molecule is Cc1oc(-n2cccc2)c(C#N)c1C(=O)OCC(=O)c1ccc2c(c1)OCCCO2. The minimum absolute atomic E-state index is 0.00709. The number of benzene rings is 1. The van der Waals surface area contributed by atoms with E-state index in [1.165, 1.54) is 0 Å². The quantitative estimate of drug-likeness (QED) is 0.472. The van der Waals surface area contributed by atoms with Crippen LogP contribution in [0.15, 0.2) is 47.1 Å². The molecule has 0 amide bonds. The average molecular weight is 406 g/mol. The third-order valence-electron chi connectivity index (χ3n) is 4.62. The number of nitrogens with zero attached hydrogens (tertiary/aromatic N) is 2. The standard InChI is InChI=1S/C22H18N2O6/c1-14-20(16(12-23)21(30-14)24-7-2-3-8-24)22(26)29-13-17(25)15-5-6-18-19(11-15)28-10-4-9-27-18/h2-3,5-8,11H,4,9-10,13H2,1H3. The zero-order valence-electron chi connectivity index (χ0n) is 16.2. The molecule has 0 saturated carbocycles. The number of ketones is 1. The van der Waals surface area contributed by atoms with Gasteiger partial charge in [-0.1, -0.05) is 0 Å². The predicted octanol–water partition coefficient (Wildman–Crippen LogP) is 3.45. The van der Waals surface area contributed by atoms with Crippen molar-refractivity contribution in [3.8, 4) is 23.5 Å². The second-order valence-electron chi connectivity index (χ2n) is 6.63. The van der Waals surface area contributed by atoms with E-state index in [0.717, 1.165) is 6.42 Å². The van der Waals surface area contributed by atoms with E-state index in [1.54, 1.807) is 54.2 Å². The molecular formula is C22H18N2O6. The average Bonchev–Trinajstić information content (AvgIpc) is 3.32. The Hall–Kier alpha value is -3.99. The summed E-state index contributed by atoms with van der Waals surface area (Å²) in [6.07, 6.45) is 4.15. The van der Waals surface area contributed by atoms with Gasteiger partial charge >= 0.3 is 5.97 Å². The van der Waals surface area contributed by atoms with Crippen molar-refractivity contribution in [1.29, 1.82) is 5.26 Å². The molecule has 1 aromatic carbocycles. The number of aromatic nitrogens is 1. The Kier molecular flexibility index (Phi) is 5.26. The van der Waals surface area contributed by atoms with Crippen molar-refractivity contribution in [2.45, 2.75) is 13.3 Å². The lowest BCUT2D eigenvalue weighted by molar-refractivity contribution is 0.0472. The summed E-state index contributed by atoms with van der Waals surface area (Å²) in [5.74, 6) is 0.326. The Morgan fingerprint density at radius 3 is 2.63 bits per heavy atom. The summed E-state index contributed by atoms with van der Waals surface area (Å²) in [6, 6.07) is 10.3. The van der Waals surface area contributed by atoms with E-state index >= 15 is 0 Å². The summed E-state index contributed by atoms with van der Waals surface area (Å²) in [7, 11) is 0. The van der Waals surface area contributed by atoms with Crippen LogP contribution in [0.25, 0.3) is 5.88 Å². The first-order chi connectivity index (χ1) is 14.6. The maximum atomic E-state index is 12.6. The van der Waals surface area contributed by atoms with Gasteiger partial charge in [-0.25, -0.2) is 4.79 Å². The maximum absolute atomic E-state index is 12.6. The van der Waals surface area contributed by atoms with Gasteiger partial charge in [-0.2, -0.15) is 5.26 Å². The number of aryl methyl sites for hydroxylation is 1. The number of esters is 1. The Bertz CT molecular complexity index is 1140. The van der Waals surface area contributed by atoms with Crippen molar-refractivity contribution in [3.05, 3.63) is 65.2 Å². The van der Waals surface area contributed by atoms with Gasteiger partial charge in [-0.05, 0) is 37.3 Å². The van der Waals surface area contributed by atoms with Crippen molar-refractivity contribution < 1.29 is 28.2 Å². The van der Waals surface area contributed by atoms with Gasteiger partial charge in [0.2, 0.25) is 5.88 Å². The molecule has 0 fully saturated rings. The number of hydrogen-bond acceptors (Lipinski definition) is 7.